The van der Waals surface area contributed by atoms with Crippen molar-refractivity contribution in [3.63, 3.8) is 0 Å². The van der Waals surface area contributed by atoms with E-state index in [1.807, 2.05) is 0 Å². The fourth-order valence-electron chi connectivity index (χ4n) is 0.719. The first kappa shape index (κ1) is 11.3. The molecular weight excluding hydrogens is 247 g/mol. The van der Waals surface area contributed by atoms with E-state index in [-0.39, 0.29) is 0 Å². The number of nitrogens with zero attached hydrogens (tertiary/aromatic N) is 1. The summed E-state index contributed by atoms with van der Waals surface area (Å²) in [5.74, 6) is -1.50. The molecule has 2 N–H and O–H groups in total. The Morgan fingerprint density at radius 2 is 1.64 bits per heavy atom. The van der Waals surface area contributed by atoms with Crippen molar-refractivity contribution < 1.29 is 17.6 Å². The van der Waals surface area contributed by atoms with Crippen LogP contribution >= 0.6 is 23.2 Å². The quantitative estimate of drug-likeness (QED) is 0.566. The number of hydrogen-bond acceptors (Lipinski definition) is 2. The first-order chi connectivity index (χ1) is 6.25. The van der Waals surface area contributed by atoms with Crippen molar-refractivity contribution >= 4 is 28.9 Å². The lowest BCUT2D eigenvalue weighted by molar-refractivity contribution is -0.141. The summed E-state index contributed by atoms with van der Waals surface area (Å²) in [5.41, 5.74) is 2.78. The fourth-order valence-corrected chi connectivity index (χ4v) is 1.15. The third-order valence-electron chi connectivity index (χ3n) is 1.34. The number of pyridine rings is 1. The molecule has 0 fully saturated rings. The summed E-state index contributed by atoms with van der Waals surface area (Å²) in [5, 5.41) is -1.62. The molecule has 0 saturated heterocycles. The van der Waals surface area contributed by atoms with E-state index in [0.717, 1.165) is 0 Å². The van der Waals surface area contributed by atoms with Crippen LogP contribution in [0.5, 0.6) is 0 Å². The molecule has 0 aliphatic rings. The Balaban J connectivity index is 3.49. The number of hydrogen-bond donors (Lipinski definition) is 1. The molecule has 1 aromatic rings. The fraction of sp³-hybridized carbons (Fsp3) is 0.167. The maximum Gasteiger partial charge on any atom is 0.435 e. The number of anilines is 1. The second-order valence-electron chi connectivity index (χ2n) is 2.29. The van der Waals surface area contributed by atoms with Gasteiger partial charge in [0.1, 0.15) is 5.02 Å². The number of rotatable bonds is 0. The van der Waals surface area contributed by atoms with Gasteiger partial charge in [-0.15, -0.1) is 0 Å². The van der Waals surface area contributed by atoms with Gasteiger partial charge in [0.25, 0.3) is 0 Å². The third kappa shape index (κ3) is 1.85. The van der Waals surface area contributed by atoms with Crippen LogP contribution in [0.1, 0.15) is 5.69 Å². The molecule has 0 amide bonds. The number of halogens is 6. The van der Waals surface area contributed by atoms with Crippen LogP contribution in [0.3, 0.4) is 0 Å². The van der Waals surface area contributed by atoms with E-state index in [4.69, 9.17) is 28.9 Å². The summed E-state index contributed by atoms with van der Waals surface area (Å²) in [6, 6.07) is 0. The van der Waals surface area contributed by atoms with Gasteiger partial charge in [-0.3, -0.25) is 0 Å². The van der Waals surface area contributed by atoms with Crippen LogP contribution in [0.15, 0.2) is 0 Å². The molecule has 0 atom stereocenters. The Kier molecular flexibility index (Phi) is 2.78. The van der Waals surface area contributed by atoms with E-state index in [2.05, 4.69) is 4.98 Å². The van der Waals surface area contributed by atoms with Gasteiger partial charge in [0.05, 0.1) is 10.7 Å². The van der Waals surface area contributed by atoms with Crippen LogP contribution in [-0.2, 0) is 6.18 Å². The van der Waals surface area contributed by atoms with Crippen molar-refractivity contribution in [3.8, 4) is 0 Å². The lowest BCUT2D eigenvalue weighted by Gasteiger charge is -2.10. The van der Waals surface area contributed by atoms with Crippen molar-refractivity contribution in [1.29, 1.82) is 0 Å². The van der Waals surface area contributed by atoms with Crippen LogP contribution in [0.2, 0.25) is 10.0 Å². The van der Waals surface area contributed by atoms with Gasteiger partial charge in [-0.05, 0) is 0 Å². The second-order valence-corrected chi connectivity index (χ2v) is 3.05. The third-order valence-corrected chi connectivity index (χ3v) is 2.08. The summed E-state index contributed by atoms with van der Waals surface area (Å²) in [6.45, 7) is 0. The van der Waals surface area contributed by atoms with Crippen LogP contribution in [0, 0.1) is 5.95 Å². The van der Waals surface area contributed by atoms with E-state index >= 15 is 0 Å². The SMILES string of the molecule is Nc1c(Cl)c(F)nc(C(F)(F)F)c1Cl. The maximum absolute atomic E-state index is 12.7. The minimum Gasteiger partial charge on any atom is -0.396 e. The minimum absolute atomic E-state index is 0.673. The molecule has 1 heterocycles. The van der Waals surface area contributed by atoms with Crippen molar-refractivity contribution in [2.45, 2.75) is 6.18 Å². The Hall–Kier alpha value is -0.750. The molecule has 8 heteroatoms. The number of nitrogen functional groups attached to an aromatic ring is 1. The van der Waals surface area contributed by atoms with Crippen molar-refractivity contribution in [2.24, 2.45) is 0 Å². The predicted molar refractivity (Wildman–Crippen MR) is 43.6 cm³/mol. The van der Waals surface area contributed by atoms with Gasteiger partial charge in [0.15, 0.2) is 5.69 Å². The molecule has 0 aromatic carbocycles. The van der Waals surface area contributed by atoms with Gasteiger partial charge >= 0.3 is 6.18 Å². The molecular formula is C6H2Cl2F4N2. The Morgan fingerprint density at radius 3 is 2.07 bits per heavy atom. The van der Waals surface area contributed by atoms with Crippen molar-refractivity contribution in [1.82, 2.24) is 4.98 Å². The van der Waals surface area contributed by atoms with Crippen molar-refractivity contribution in [2.75, 3.05) is 5.73 Å². The number of nitrogens with two attached hydrogens (primary N) is 1. The summed E-state index contributed by atoms with van der Waals surface area (Å²) in [7, 11) is 0. The first-order valence-corrected chi connectivity index (χ1v) is 3.88. The van der Waals surface area contributed by atoms with Crippen LogP contribution < -0.4 is 5.73 Å². The van der Waals surface area contributed by atoms with Gasteiger partial charge in [0.2, 0.25) is 5.95 Å². The second kappa shape index (κ2) is 3.43. The molecule has 0 aliphatic carbocycles. The summed E-state index contributed by atoms with van der Waals surface area (Å²) in [4.78, 5) is 2.57. The largest absolute Gasteiger partial charge is 0.435 e. The van der Waals surface area contributed by atoms with Gasteiger partial charge in [-0.2, -0.15) is 17.6 Å². The monoisotopic (exact) mass is 248 g/mol. The number of alkyl halides is 3. The molecule has 0 bridgehead atoms. The first-order valence-electron chi connectivity index (χ1n) is 3.12. The van der Waals surface area contributed by atoms with Gasteiger partial charge < -0.3 is 5.73 Å². The average Bonchev–Trinajstić information content (AvgIpc) is 2.06. The van der Waals surface area contributed by atoms with E-state index in [1.165, 1.54) is 0 Å². The number of aromatic nitrogens is 1. The summed E-state index contributed by atoms with van der Waals surface area (Å²) >= 11 is 10.4. The topological polar surface area (TPSA) is 38.9 Å². The van der Waals surface area contributed by atoms with E-state index in [1.54, 1.807) is 0 Å². The van der Waals surface area contributed by atoms with Gasteiger partial charge in [-0.1, -0.05) is 23.2 Å². The van der Waals surface area contributed by atoms with E-state index in [9.17, 15) is 17.6 Å². The Morgan fingerprint density at radius 1 is 1.14 bits per heavy atom. The van der Waals surface area contributed by atoms with Crippen LogP contribution in [0.25, 0.3) is 0 Å². The Bertz CT molecular complexity index is 377. The zero-order valence-electron chi connectivity index (χ0n) is 6.29. The van der Waals surface area contributed by atoms with Gasteiger partial charge in [0, 0.05) is 0 Å². The molecule has 0 radical (unpaired) electrons. The minimum atomic E-state index is -4.86. The lowest BCUT2D eigenvalue weighted by atomic mass is 10.3. The highest BCUT2D eigenvalue weighted by Gasteiger charge is 2.37. The molecule has 1 rings (SSSR count). The average molecular weight is 249 g/mol. The normalized spacial score (nSPS) is 11.9. The molecule has 0 spiro atoms. The standard InChI is InChI=1S/C6H2Cl2F4N2/c7-1-3(13)2(8)5(9)14-4(1)6(10,11)12/h(H2,13,14). The van der Waals surface area contributed by atoms with Crippen LogP contribution in [-0.4, -0.2) is 4.98 Å². The van der Waals surface area contributed by atoms with E-state index < -0.39 is 33.6 Å². The summed E-state index contributed by atoms with van der Waals surface area (Å²) < 4.78 is 49.1. The molecule has 0 unspecified atom stereocenters. The summed E-state index contributed by atoms with van der Waals surface area (Å²) in [6.07, 6.45) is -4.86. The highest BCUT2D eigenvalue weighted by atomic mass is 35.5. The van der Waals surface area contributed by atoms with Gasteiger partial charge in [-0.25, -0.2) is 4.98 Å². The van der Waals surface area contributed by atoms with Crippen molar-refractivity contribution in [3.05, 3.63) is 21.7 Å². The highest BCUT2D eigenvalue weighted by Crippen LogP contribution is 2.39. The lowest BCUT2D eigenvalue weighted by Crippen LogP contribution is -2.12. The molecule has 0 saturated carbocycles. The molecule has 0 aliphatic heterocycles. The maximum atomic E-state index is 12.7. The molecule has 78 valence electrons. The smallest absolute Gasteiger partial charge is 0.396 e. The molecule has 2 nitrogen and oxygen atoms in total. The Labute approximate surface area is 85.6 Å². The predicted octanol–water partition coefficient (Wildman–Crippen LogP) is 3.13. The van der Waals surface area contributed by atoms with Crippen LogP contribution in [0.4, 0.5) is 23.2 Å². The zero-order chi connectivity index (χ0) is 11.1. The highest BCUT2D eigenvalue weighted by molar-refractivity contribution is 6.39. The van der Waals surface area contributed by atoms with E-state index in [0.29, 0.717) is 0 Å². The molecule has 14 heavy (non-hydrogen) atoms. The zero-order valence-corrected chi connectivity index (χ0v) is 7.80. The molecule has 1 aromatic heterocycles.